The van der Waals surface area contributed by atoms with E-state index in [2.05, 4.69) is 4.90 Å². The summed E-state index contributed by atoms with van der Waals surface area (Å²) in [4.78, 5) is 2.84. The van der Waals surface area contributed by atoms with Crippen LogP contribution >= 0.6 is 23.4 Å². The van der Waals surface area contributed by atoms with E-state index in [-0.39, 0.29) is 12.3 Å². The first-order valence-electron chi connectivity index (χ1n) is 12.6. The molecule has 3 aromatic rings. The summed E-state index contributed by atoms with van der Waals surface area (Å²) in [6.07, 6.45) is 2.04. The standard InChI is InChI=1S/C29H35ClN2O3S2/c1-21-17-22(2)29(23(3)18-21)37(34,35)32(20-25-8-11-27(33)19-28(25)30)26-9-6-24(7-10-26)5-4-12-31-13-15-36-16-14-31/h6-11,17-19,33H,4-5,12-16,20H2,1-3H3. The Labute approximate surface area is 230 Å². The van der Waals surface area contributed by atoms with Crippen molar-refractivity contribution in [2.45, 2.75) is 45.1 Å². The molecule has 0 aliphatic carbocycles. The Morgan fingerprint density at radius 3 is 2.24 bits per heavy atom. The zero-order valence-electron chi connectivity index (χ0n) is 21.7. The highest BCUT2D eigenvalue weighted by Gasteiger charge is 2.29. The molecule has 1 heterocycles. The van der Waals surface area contributed by atoms with Crippen LogP contribution in [0.3, 0.4) is 0 Å². The SMILES string of the molecule is Cc1cc(C)c(S(=O)(=O)N(Cc2ccc(O)cc2Cl)c2ccc(CCCN3CCSCC3)cc2)c(C)c1. The quantitative estimate of drug-likeness (QED) is 0.332. The summed E-state index contributed by atoms with van der Waals surface area (Å²) < 4.78 is 29.7. The average Bonchev–Trinajstić information content (AvgIpc) is 2.84. The first-order chi connectivity index (χ1) is 17.6. The Hall–Kier alpha value is -2.19. The van der Waals surface area contributed by atoms with E-state index >= 15 is 0 Å². The Bertz CT molecular complexity index is 1310. The van der Waals surface area contributed by atoms with Gasteiger partial charge < -0.3 is 10.0 Å². The molecule has 37 heavy (non-hydrogen) atoms. The summed E-state index contributed by atoms with van der Waals surface area (Å²) in [6, 6.07) is 16.3. The van der Waals surface area contributed by atoms with Crippen LogP contribution in [0.25, 0.3) is 0 Å². The maximum atomic E-state index is 14.1. The third-order valence-corrected chi connectivity index (χ3v) is 10.1. The Kier molecular flexibility index (Phi) is 9.11. The smallest absolute Gasteiger partial charge is 0.265 e. The molecule has 0 amide bonds. The average molecular weight is 559 g/mol. The van der Waals surface area contributed by atoms with Gasteiger partial charge in [0, 0.05) is 29.6 Å². The first kappa shape index (κ1) is 27.8. The van der Waals surface area contributed by atoms with Crippen LogP contribution < -0.4 is 4.31 Å². The van der Waals surface area contributed by atoms with Gasteiger partial charge in [-0.1, -0.05) is 47.5 Å². The molecule has 0 radical (unpaired) electrons. The van der Waals surface area contributed by atoms with Gasteiger partial charge in [-0.05, 0) is 86.7 Å². The molecule has 0 saturated carbocycles. The maximum Gasteiger partial charge on any atom is 0.265 e. The number of benzene rings is 3. The monoisotopic (exact) mass is 558 g/mol. The van der Waals surface area contributed by atoms with Crippen molar-refractivity contribution in [3.63, 3.8) is 0 Å². The number of halogens is 1. The van der Waals surface area contributed by atoms with E-state index in [9.17, 15) is 13.5 Å². The van der Waals surface area contributed by atoms with Crippen molar-refractivity contribution in [2.75, 3.05) is 35.4 Å². The highest BCUT2D eigenvalue weighted by atomic mass is 35.5. The number of hydrogen-bond donors (Lipinski definition) is 1. The molecule has 5 nitrogen and oxygen atoms in total. The van der Waals surface area contributed by atoms with Gasteiger partial charge in [0.05, 0.1) is 17.1 Å². The topological polar surface area (TPSA) is 60.9 Å². The van der Waals surface area contributed by atoms with E-state index in [1.165, 1.54) is 33.5 Å². The van der Waals surface area contributed by atoms with Crippen LogP contribution in [0.1, 0.15) is 34.2 Å². The molecule has 8 heteroatoms. The lowest BCUT2D eigenvalue weighted by atomic mass is 10.1. The second kappa shape index (κ2) is 12.1. The van der Waals surface area contributed by atoms with Crippen LogP contribution in [0, 0.1) is 20.8 Å². The third-order valence-electron chi connectivity index (χ3n) is 6.77. The van der Waals surface area contributed by atoms with Crippen molar-refractivity contribution in [1.29, 1.82) is 0 Å². The number of rotatable bonds is 9. The van der Waals surface area contributed by atoms with E-state index in [1.54, 1.807) is 6.07 Å². The molecular weight excluding hydrogens is 524 g/mol. The Morgan fingerprint density at radius 1 is 0.973 bits per heavy atom. The molecule has 1 N–H and O–H groups in total. The minimum atomic E-state index is -3.90. The highest BCUT2D eigenvalue weighted by Crippen LogP contribution is 2.33. The van der Waals surface area contributed by atoms with Crippen molar-refractivity contribution < 1.29 is 13.5 Å². The molecule has 0 atom stereocenters. The number of aryl methyl sites for hydroxylation is 4. The van der Waals surface area contributed by atoms with Crippen molar-refractivity contribution >= 4 is 39.1 Å². The van der Waals surface area contributed by atoms with Crippen molar-refractivity contribution in [2.24, 2.45) is 0 Å². The molecule has 198 valence electrons. The molecule has 1 fully saturated rings. The van der Waals surface area contributed by atoms with Crippen LogP contribution in [0.2, 0.25) is 5.02 Å². The molecule has 0 spiro atoms. The van der Waals surface area contributed by atoms with Crippen molar-refractivity contribution in [3.05, 3.63) is 87.4 Å². The summed E-state index contributed by atoms with van der Waals surface area (Å²) >= 11 is 8.42. The van der Waals surface area contributed by atoms with Gasteiger partial charge in [-0.25, -0.2) is 8.42 Å². The van der Waals surface area contributed by atoms with Crippen molar-refractivity contribution in [3.8, 4) is 5.75 Å². The Balaban J connectivity index is 1.62. The molecule has 0 unspecified atom stereocenters. The molecule has 4 rings (SSSR count). The molecule has 0 aromatic heterocycles. The number of sulfonamides is 1. The third kappa shape index (κ3) is 6.82. The second-order valence-electron chi connectivity index (χ2n) is 9.74. The molecule has 1 aliphatic heterocycles. The minimum absolute atomic E-state index is 0.0426. The predicted octanol–water partition coefficient (Wildman–Crippen LogP) is 6.35. The fourth-order valence-electron chi connectivity index (χ4n) is 4.98. The molecule has 0 bridgehead atoms. The zero-order valence-corrected chi connectivity index (χ0v) is 24.1. The zero-order chi connectivity index (χ0) is 26.6. The van der Waals surface area contributed by atoms with E-state index in [0.717, 1.165) is 38.0 Å². The van der Waals surface area contributed by atoms with Gasteiger partial charge in [-0.15, -0.1) is 0 Å². The van der Waals surface area contributed by atoms with E-state index in [0.29, 0.717) is 32.3 Å². The Morgan fingerprint density at radius 2 is 1.62 bits per heavy atom. The first-order valence-corrected chi connectivity index (χ1v) is 15.6. The largest absolute Gasteiger partial charge is 0.508 e. The van der Waals surface area contributed by atoms with Gasteiger partial charge in [0.1, 0.15) is 5.75 Å². The molecule has 1 aliphatic rings. The van der Waals surface area contributed by atoms with Gasteiger partial charge in [-0.2, -0.15) is 11.8 Å². The number of thioether (sulfide) groups is 1. The van der Waals surface area contributed by atoms with Crippen LogP contribution in [0.15, 0.2) is 59.5 Å². The molecule has 1 saturated heterocycles. The van der Waals surface area contributed by atoms with Gasteiger partial charge >= 0.3 is 0 Å². The fourth-order valence-corrected chi connectivity index (χ4v) is 8.05. The van der Waals surface area contributed by atoms with Crippen LogP contribution in [0.5, 0.6) is 5.75 Å². The maximum absolute atomic E-state index is 14.1. The van der Waals surface area contributed by atoms with Gasteiger partial charge in [0.25, 0.3) is 10.0 Å². The van der Waals surface area contributed by atoms with Crippen LogP contribution in [-0.2, 0) is 23.0 Å². The van der Waals surface area contributed by atoms with E-state index < -0.39 is 10.0 Å². The number of nitrogens with zero attached hydrogens (tertiary/aromatic N) is 2. The van der Waals surface area contributed by atoms with Gasteiger partial charge in [0.15, 0.2) is 0 Å². The number of anilines is 1. The van der Waals surface area contributed by atoms with E-state index in [1.807, 2.05) is 68.9 Å². The number of phenols is 1. The molecule has 3 aromatic carbocycles. The summed E-state index contributed by atoms with van der Waals surface area (Å²) in [7, 11) is -3.90. The predicted molar refractivity (Wildman–Crippen MR) is 156 cm³/mol. The number of aromatic hydroxyl groups is 1. The van der Waals surface area contributed by atoms with Crippen molar-refractivity contribution in [1.82, 2.24) is 4.90 Å². The highest BCUT2D eigenvalue weighted by molar-refractivity contribution is 7.99. The lowest BCUT2D eigenvalue weighted by Gasteiger charge is -2.27. The van der Waals surface area contributed by atoms with Gasteiger partial charge in [-0.3, -0.25) is 4.31 Å². The minimum Gasteiger partial charge on any atom is -0.508 e. The van der Waals surface area contributed by atoms with Crippen LogP contribution in [-0.4, -0.2) is 49.6 Å². The summed E-state index contributed by atoms with van der Waals surface area (Å²) in [5, 5.41) is 10.1. The fraction of sp³-hybridized carbons (Fsp3) is 0.379. The number of hydrogen-bond acceptors (Lipinski definition) is 5. The van der Waals surface area contributed by atoms with E-state index in [4.69, 9.17) is 11.6 Å². The number of phenolic OH excluding ortho intramolecular Hbond substituents is 1. The normalized spacial score (nSPS) is 14.6. The van der Waals surface area contributed by atoms with Gasteiger partial charge in [0.2, 0.25) is 0 Å². The molecular formula is C29H35ClN2O3S2. The second-order valence-corrected chi connectivity index (χ2v) is 13.2. The summed E-state index contributed by atoms with van der Waals surface area (Å²) in [5.74, 6) is 2.47. The lowest BCUT2D eigenvalue weighted by molar-refractivity contribution is 0.299. The summed E-state index contributed by atoms with van der Waals surface area (Å²) in [5.41, 5.74) is 4.85. The van der Waals surface area contributed by atoms with Crippen LogP contribution in [0.4, 0.5) is 5.69 Å². The lowest BCUT2D eigenvalue weighted by Crippen LogP contribution is -2.33. The summed E-state index contributed by atoms with van der Waals surface area (Å²) in [6.45, 7) is 9.11.